The van der Waals surface area contributed by atoms with Crippen molar-refractivity contribution < 1.29 is 14.3 Å². The largest absolute Gasteiger partial charge is 0.386 e. The molecule has 1 rings (SSSR count). The van der Waals surface area contributed by atoms with E-state index in [-0.39, 0.29) is 0 Å². The third-order valence-electron chi connectivity index (χ3n) is 0.863. The molecule has 0 aliphatic carbocycles. The minimum atomic E-state index is -0.565. The van der Waals surface area contributed by atoms with Gasteiger partial charge in [0, 0.05) is 6.08 Å². The van der Waals surface area contributed by atoms with Gasteiger partial charge in [-0.15, -0.1) is 11.8 Å². The highest BCUT2D eigenvalue weighted by Crippen LogP contribution is 2.18. The number of thioether (sulfide) groups is 1. The van der Waals surface area contributed by atoms with Gasteiger partial charge in [0.1, 0.15) is 4.91 Å². The van der Waals surface area contributed by atoms with Crippen LogP contribution in [0.25, 0.3) is 0 Å². The first kappa shape index (κ1) is 6.35. The van der Waals surface area contributed by atoms with E-state index in [1.54, 1.807) is 6.26 Å². The van der Waals surface area contributed by atoms with Crippen molar-refractivity contribution in [1.82, 2.24) is 0 Å². The van der Waals surface area contributed by atoms with Crippen molar-refractivity contribution in [2.75, 3.05) is 6.26 Å². The topological polar surface area (TPSA) is 43.4 Å². The number of rotatable bonds is 1. The van der Waals surface area contributed by atoms with Gasteiger partial charge in [-0.25, -0.2) is 9.59 Å². The molecule has 4 heteroatoms. The maximum Gasteiger partial charge on any atom is 0.352 e. The molecule has 1 aliphatic rings. The van der Waals surface area contributed by atoms with Gasteiger partial charge in [0.15, 0.2) is 0 Å². The molecular formula is C5H4O3S. The van der Waals surface area contributed by atoms with Gasteiger partial charge in [-0.2, -0.15) is 0 Å². The number of hydrogen-bond donors (Lipinski definition) is 0. The molecule has 1 aliphatic heterocycles. The van der Waals surface area contributed by atoms with Crippen LogP contribution in [0, 0.1) is 0 Å². The van der Waals surface area contributed by atoms with Gasteiger partial charge >= 0.3 is 11.9 Å². The first-order valence-electron chi connectivity index (χ1n) is 2.26. The fourth-order valence-electron chi connectivity index (χ4n) is 0.479. The van der Waals surface area contributed by atoms with E-state index in [0.29, 0.717) is 4.91 Å². The van der Waals surface area contributed by atoms with E-state index in [9.17, 15) is 9.59 Å². The molecule has 0 amide bonds. The summed E-state index contributed by atoms with van der Waals surface area (Å²) in [6, 6.07) is 0. The third kappa shape index (κ3) is 1.13. The lowest BCUT2D eigenvalue weighted by Crippen LogP contribution is -1.99. The maximum absolute atomic E-state index is 10.5. The zero-order valence-corrected chi connectivity index (χ0v) is 5.53. The second-order valence-corrected chi connectivity index (χ2v) is 2.27. The van der Waals surface area contributed by atoms with Crippen molar-refractivity contribution >= 4 is 23.7 Å². The van der Waals surface area contributed by atoms with Crippen molar-refractivity contribution in [2.24, 2.45) is 0 Å². The van der Waals surface area contributed by atoms with E-state index in [1.165, 1.54) is 17.8 Å². The van der Waals surface area contributed by atoms with E-state index in [1.807, 2.05) is 0 Å². The van der Waals surface area contributed by atoms with E-state index < -0.39 is 11.9 Å². The number of cyclic esters (lactones) is 2. The Hall–Kier alpha value is -0.770. The van der Waals surface area contributed by atoms with E-state index in [4.69, 9.17) is 0 Å². The van der Waals surface area contributed by atoms with Gasteiger partial charge in [-0.1, -0.05) is 0 Å². The Morgan fingerprint density at radius 1 is 1.56 bits per heavy atom. The molecule has 0 aromatic heterocycles. The number of carbonyl (C=O) groups excluding carboxylic acids is 2. The highest BCUT2D eigenvalue weighted by molar-refractivity contribution is 8.03. The SMILES string of the molecule is CSC1=CC(=O)OC1=O. The van der Waals surface area contributed by atoms with Gasteiger partial charge in [0.2, 0.25) is 0 Å². The summed E-state index contributed by atoms with van der Waals surface area (Å²) in [5.41, 5.74) is 0. The molecule has 0 unspecified atom stereocenters. The van der Waals surface area contributed by atoms with Crippen LogP contribution in [0.3, 0.4) is 0 Å². The van der Waals surface area contributed by atoms with Crippen LogP contribution >= 0.6 is 11.8 Å². The van der Waals surface area contributed by atoms with Crippen LogP contribution in [0.4, 0.5) is 0 Å². The second kappa shape index (κ2) is 2.23. The zero-order chi connectivity index (χ0) is 6.85. The molecule has 0 aromatic carbocycles. The Morgan fingerprint density at radius 3 is 2.44 bits per heavy atom. The summed E-state index contributed by atoms with van der Waals surface area (Å²) >= 11 is 1.21. The molecule has 0 fully saturated rings. The lowest BCUT2D eigenvalue weighted by molar-refractivity contribution is -0.150. The molecule has 0 saturated carbocycles. The summed E-state index contributed by atoms with van der Waals surface area (Å²) in [5.74, 6) is -1.10. The smallest absolute Gasteiger partial charge is 0.352 e. The monoisotopic (exact) mass is 144 g/mol. The predicted molar refractivity (Wildman–Crippen MR) is 32.7 cm³/mol. The van der Waals surface area contributed by atoms with Crippen LogP contribution in [0.2, 0.25) is 0 Å². The third-order valence-corrected chi connectivity index (χ3v) is 1.59. The van der Waals surface area contributed by atoms with Crippen molar-refractivity contribution in [2.45, 2.75) is 0 Å². The van der Waals surface area contributed by atoms with E-state index in [0.717, 1.165) is 0 Å². The van der Waals surface area contributed by atoms with Gasteiger partial charge < -0.3 is 4.74 Å². The van der Waals surface area contributed by atoms with Gasteiger partial charge in [-0.05, 0) is 6.26 Å². The fraction of sp³-hybridized carbons (Fsp3) is 0.200. The Labute approximate surface area is 56.1 Å². The summed E-state index contributed by atoms with van der Waals surface area (Å²) < 4.78 is 4.17. The standard InChI is InChI=1S/C5H4O3S/c1-9-3-2-4(6)8-5(3)7/h2H,1H3. The molecule has 0 radical (unpaired) electrons. The van der Waals surface area contributed by atoms with Crippen LogP contribution in [-0.2, 0) is 14.3 Å². The molecule has 3 nitrogen and oxygen atoms in total. The predicted octanol–water partition coefficient (Wildman–Crippen LogP) is 0.317. The number of ether oxygens (including phenoxy) is 1. The van der Waals surface area contributed by atoms with Crippen molar-refractivity contribution in [3.63, 3.8) is 0 Å². The molecule has 48 valence electrons. The van der Waals surface area contributed by atoms with Crippen LogP contribution in [0.5, 0.6) is 0 Å². The van der Waals surface area contributed by atoms with Gasteiger partial charge in [0.25, 0.3) is 0 Å². The van der Waals surface area contributed by atoms with E-state index >= 15 is 0 Å². The van der Waals surface area contributed by atoms with Crippen LogP contribution in [0.15, 0.2) is 11.0 Å². The number of hydrogen-bond acceptors (Lipinski definition) is 4. The lowest BCUT2D eigenvalue weighted by Gasteiger charge is -1.87. The molecule has 0 bridgehead atoms. The fourth-order valence-corrected chi connectivity index (χ4v) is 0.902. The minimum Gasteiger partial charge on any atom is -0.386 e. The van der Waals surface area contributed by atoms with Crippen molar-refractivity contribution in [1.29, 1.82) is 0 Å². The van der Waals surface area contributed by atoms with Crippen molar-refractivity contribution in [3.05, 3.63) is 11.0 Å². The number of carbonyl (C=O) groups is 2. The first-order valence-corrected chi connectivity index (χ1v) is 3.48. The van der Waals surface area contributed by atoms with Crippen molar-refractivity contribution in [3.8, 4) is 0 Å². The molecule has 0 spiro atoms. The van der Waals surface area contributed by atoms with Crippen LogP contribution < -0.4 is 0 Å². The quantitative estimate of drug-likeness (QED) is 0.392. The Balaban J connectivity index is 2.80. The van der Waals surface area contributed by atoms with Gasteiger partial charge in [-0.3, -0.25) is 0 Å². The average molecular weight is 144 g/mol. The normalized spacial score (nSPS) is 17.7. The van der Waals surface area contributed by atoms with E-state index in [2.05, 4.69) is 4.74 Å². The zero-order valence-electron chi connectivity index (χ0n) is 4.71. The molecule has 0 saturated heterocycles. The molecule has 9 heavy (non-hydrogen) atoms. The Kier molecular flexibility index (Phi) is 1.57. The Bertz CT molecular complexity index is 194. The summed E-state index contributed by atoms with van der Waals surface area (Å²) in [4.78, 5) is 21.1. The molecular weight excluding hydrogens is 140 g/mol. The number of esters is 2. The highest BCUT2D eigenvalue weighted by atomic mass is 32.2. The van der Waals surface area contributed by atoms with Crippen LogP contribution in [-0.4, -0.2) is 18.2 Å². The maximum atomic E-state index is 10.5. The summed E-state index contributed by atoms with van der Waals surface area (Å²) in [6.45, 7) is 0. The van der Waals surface area contributed by atoms with Gasteiger partial charge in [0.05, 0.1) is 0 Å². The summed E-state index contributed by atoms with van der Waals surface area (Å²) in [7, 11) is 0. The minimum absolute atomic E-state index is 0.375. The summed E-state index contributed by atoms with van der Waals surface area (Å²) in [5, 5.41) is 0. The molecule has 1 heterocycles. The first-order chi connectivity index (χ1) is 4.24. The van der Waals surface area contributed by atoms with Crippen LogP contribution in [0.1, 0.15) is 0 Å². The lowest BCUT2D eigenvalue weighted by atomic mass is 10.6. The highest BCUT2D eigenvalue weighted by Gasteiger charge is 2.22. The molecule has 0 atom stereocenters. The Morgan fingerprint density at radius 2 is 2.22 bits per heavy atom. The average Bonchev–Trinajstić information content (AvgIpc) is 2.10. The second-order valence-electron chi connectivity index (χ2n) is 1.42. The molecule has 0 N–H and O–H groups in total. The summed E-state index contributed by atoms with van der Waals surface area (Å²) in [6.07, 6.45) is 2.90. The molecule has 0 aromatic rings.